The van der Waals surface area contributed by atoms with Crippen molar-refractivity contribution < 1.29 is 32.4 Å². The second-order valence-corrected chi connectivity index (χ2v) is 12.0. The number of fused-ring (bicyclic) bond motifs is 1. The lowest BCUT2D eigenvalue weighted by Gasteiger charge is -2.22. The van der Waals surface area contributed by atoms with Crippen molar-refractivity contribution in [1.29, 1.82) is 0 Å². The van der Waals surface area contributed by atoms with Crippen molar-refractivity contribution in [3.63, 3.8) is 0 Å². The summed E-state index contributed by atoms with van der Waals surface area (Å²) >= 11 is 0. The number of benzene rings is 3. The average molecular weight is 625 g/mol. The minimum absolute atomic E-state index is 0.0242. The van der Waals surface area contributed by atoms with Crippen molar-refractivity contribution in [2.45, 2.75) is 72.1 Å². The zero-order chi connectivity index (χ0) is 32.6. The average Bonchev–Trinajstić information content (AvgIpc) is 3.64. The van der Waals surface area contributed by atoms with Gasteiger partial charge in [-0.1, -0.05) is 59.3 Å². The summed E-state index contributed by atoms with van der Waals surface area (Å²) in [6.07, 6.45) is 1.00. The molecule has 6 rings (SSSR count). The van der Waals surface area contributed by atoms with E-state index in [4.69, 9.17) is 18.4 Å². The predicted octanol–water partition coefficient (Wildman–Crippen LogP) is 7.52. The van der Waals surface area contributed by atoms with Gasteiger partial charge in [0.15, 0.2) is 17.0 Å². The summed E-state index contributed by atoms with van der Waals surface area (Å²) in [4.78, 5) is 26.1. The molecular formula is C37H37FN2O6. The molecule has 2 aromatic heterocycles. The smallest absolute Gasteiger partial charge is 0.338 e. The Morgan fingerprint density at radius 3 is 2.43 bits per heavy atom. The third-order valence-electron chi connectivity index (χ3n) is 8.53. The highest BCUT2D eigenvalue weighted by molar-refractivity contribution is 5.98. The summed E-state index contributed by atoms with van der Waals surface area (Å²) < 4.78 is 38.5. The molecule has 1 amide bonds. The van der Waals surface area contributed by atoms with Crippen molar-refractivity contribution in [1.82, 2.24) is 10.5 Å². The zero-order valence-corrected chi connectivity index (χ0v) is 26.7. The first-order valence-corrected chi connectivity index (χ1v) is 15.5. The number of aryl methyl sites for hydroxylation is 4. The van der Waals surface area contributed by atoms with Gasteiger partial charge in [-0.15, -0.1) is 0 Å². The predicted molar refractivity (Wildman–Crippen MR) is 171 cm³/mol. The monoisotopic (exact) mass is 624 g/mol. The number of hydrogen-bond donors (Lipinski definition) is 1. The molecule has 1 aliphatic rings. The normalized spacial score (nSPS) is 14.3. The SMILES string of the molecule is CCOC(=O)C1(OCc2oc3c(F)cc(CC(=O)N[C@@H](c4ccccc4)c4ccc(C)cc4C)cc3c2-c2c(C)noc2C)CC1. The van der Waals surface area contributed by atoms with Crippen molar-refractivity contribution in [3.05, 3.63) is 112 Å². The number of carbonyl (C=O) groups is 2. The molecule has 3 aromatic carbocycles. The first-order chi connectivity index (χ1) is 22.1. The summed E-state index contributed by atoms with van der Waals surface area (Å²) in [7, 11) is 0. The van der Waals surface area contributed by atoms with E-state index in [-0.39, 0.29) is 37.2 Å². The minimum atomic E-state index is -1.03. The molecule has 1 aliphatic carbocycles. The van der Waals surface area contributed by atoms with Crippen LogP contribution >= 0.6 is 0 Å². The van der Waals surface area contributed by atoms with Crippen molar-refractivity contribution in [2.75, 3.05) is 6.61 Å². The largest absolute Gasteiger partial charge is 0.464 e. The van der Waals surface area contributed by atoms with Crippen LogP contribution < -0.4 is 5.32 Å². The lowest BCUT2D eigenvalue weighted by Crippen LogP contribution is -2.31. The number of nitrogens with one attached hydrogen (secondary N) is 1. The van der Waals surface area contributed by atoms with E-state index in [0.29, 0.717) is 52.1 Å². The number of halogens is 1. The van der Waals surface area contributed by atoms with E-state index >= 15 is 4.39 Å². The molecule has 0 saturated heterocycles. The van der Waals surface area contributed by atoms with Crippen molar-refractivity contribution in [2.24, 2.45) is 0 Å². The second-order valence-electron chi connectivity index (χ2n) is 12.0. The third kappa shape index (κ3) is 6.07. The van der Waals surface area contributed by atoms with Gasteiger partial charge in [0.2, 0.25) is 5.91 Å². The Bertz CT molecular complexity index is 1900. The highest BCUT2D eigenvalue weighted by atomic mass is 19.1. The van der Waals surface area contributed by atoms with Crippen LogP contribution in [-0.4, -0.2) is 29.2 Å². The standard InChI is InChI=1S/C37H37FN2O6/c1-6-43-36(42)37(14-15-37)44-20-30-33(32-23(4)40-46-24(32)5)28-17-25(18-29(38)35(28)45-30)19-31(41)39-34(26-10-8-7-9-11-26)27-13-12-21(2)16-22(27)3/h7-13,16-18,34H,6,14-15,19-20H2,1-5H3,(H,39,41)/t34-/m0/s1. The van der Waals surface area contributed by atoms with Gasteiger partial charge in [-0.3, -0.25) is 4.79 Å². The number of ether oxygens (including phenoxy) is 2. The molecule has 46 heavy (non-hydrogen) atoms. The Morgan fingerprint density at radius 2 is 1.78 bits per heavy atom. The summed E-state index contributed by atoms with van der Waals surface area (Å²) in [6, 6.07) is 18.6. The Hall–Kier alpha value is -4.76. The Labute approximate surface area is 266 Å². The van der Waals surface area contributed by atoms with Crippen LogP contribution in [0.5, 0.6) is 0 Å². The lowest BCUT2D eigenvalue weighted by atomic mass is 9.93. The molecule has 238 valence electrons. The van der Waals surface area contributed by atoms with Gasteiger partial charge in [0.25, 0.3) is 0 Å². The molecule has 2 heterocycles. The molecule has 9 heteroatoms. The van der Waals surface area contributed by atoms with Gasteiger partial charge in [-0.2, -0.15) is 0 Å². The molecule has 0 unspecified atom stereocenters. The summed E-state index contributed by atoms with van der Waals surface area (Å²) in [6.45, 7) is 9.53. The van der Waals surface area contributed by atoms with Crippen LogP contribution in [0.4, 0.5) is 4.39 Å². The number of rotatable bonds is 11. The van der Waals surface area contributed by atoms with Crippen LogP contribution in [0, 0.1) is 33.5 Å². The molecule has 1 atom stereocenters. The van der Waals surface area contributed by atoms with Crippen LogP contribution in [-0.2, 0) is 32.1 Å². The fraction of sp³-hybridized carbons (Fsp3) is 0.324. The molecule has 0 bridgehead atoms. The van der Waals surface area contributed by atoms with Gasteiger partial charge in [-0.25, -0.2) is 9.18 Å². The molecule has 1 N–H and O–H groups in total. The zero-order valence-electron chi connectivity index (χ0n) is 26.7. The Balaban J connectivity index is 1.34. The van der Waals surface area contributed by atoms with Crippen LogP contribution in [0.3, 0.4) is 0 Å². The Kier molecular flexibility index (Phi) is 8.53. The number of amides is 1. The highest BCUT2D eigenvalue weighted by Gasteiger charge is 2.53. The van der Waals surface area contributed by atoms with Crippen LogP contribution in [0.15, 0.2) is 69.6 Å². The lowest BCUT2D eigenvalue weighted by molar-refractivity contribution is -0.161. The number of hydrogen-bond acceptors (Lipinski definition) is 7. The first-order valence-electron chi connectivity index (χ1n) is 15.5. The maximum atomic E-state index is 15.8. The van der Waals surface area contributed by atoms with Crippen LogP contribution in [0.25, 0.3) is 22.1 Å². The molecule has 0 radical (unpaired) electrons. The number of esters is 1. The summed E-state index contributed by atoms with van der Waals surface area (Å²) in [5, 5.41) is 7.75. The molecular weight excluding hydrogens is 587 g/mol. The molecule has 0 spiro atoms. The van der Waals surface area contributed by atoms with E-state index in [2.05, 4.69) is 16.5 Å². The van der Waals surface area contributed by atoms with Gasteiger partial charge in [-0.05, 0) is 81.8 Å². The van der Waals surface area contributed by atoms with Crippen molar-refractivity contribution >= 4 is 22.8 Å². The van der Waals surface area contributed by atoms with E-state index in [1.54, 1.807) is 26.8 Å². The van der Waals surface area contributed by atoms with Crippen LogP contribution in [0.1, 0.15) is 70.8 Å². The number of carbonyl (C=O) groups excluding carboxylic acids is 2. The van der Waals surface area contributed by atoms with E-state index < -0.39 is 17.4 Å². The van der Waals surface area contributed by atoms with E-state index in [1.807, 2.05) is 56.3 Å². The quantitative estimate of drug-likeness (QED) is 0.152. The van der Waals surface area contributed by atoms with Gasteiger partial charge in [0.1, 0.15) is 18.1 Å². The first kappa shape index (κ1) is 31.2. The van der Waals surface area contributed by atoms with E-state index in [9.17, 15) is 9.59 Å². The fourth-order valence-electron chi connectivity index (χ4n) is 6.10. The number of nitrogens with zero attached hydrogens (tertiary/aromatic N) is 1. The summed E-state index contributed by atoms with van der Waals surface area (Å²) in [5.41, 5.74) is 5.41. The van der Waals surface area contributed by atoms with E-state index in [1.165, 1.54) is 6.07 Å². The molecule has 5 aromatic rings. The van der Waals surface area contributed by atoms with Crippen LogP contribution in [0.2, 0.25) is 0 Å². The second kappa shape index (κ2) is 12.6. The molecule has 8 nitrogen and oxygen atoms in total. The topological polar surface area (TPSA) is 104 Å². The Morgan fingerprint density at radius 1 is 1.02 bits per heavy atom. The molecule has 1 fully saturated rings. The number of aromatic nitrogens is 1. The fourth-order valence-corrected chi connectivity index (χ4v) is 6.10. The van der Waals surface area contributed by atoms with Gasteiger partial charge in [0.05, 0.1) is 30.3 Å². The third-order valence-corrected chi connectivity index (χ3v) is 8.53. The highest BCUT2D eigenvalue weighted by Crippen LogP contribution is 2.44. The molecule has 1 saturated carbocycles. The maximum Gasteiger partial charge on any atom is 0.338 e. The number of furan rings is 1. The van der Waals surface area contributed by atoms with Gasteiger partial charge >= 0.3 is 5.97 Å². The maximum absolute atomic E-state index is 15.8. The van der Waals surface area contributed by atoms with Gasteiger partial charge < -0.3 is 23.7 Å². The van der Waals surface area contributed by atoms with E-state index in [0.717, 1.165) is 22.3 Å². The van der Waals surface area contributed by atoms with Gasteiger partial charge in [0, 0.05) is 10.9 Å². The molecule has 0 aliphatic heterocycles. The summed E-state index contributed by atoms with van der Waals surface area (Å²) in [5.74, 6) is -0.432. The van der Waals surface area contributed by atoms with Crippen molar-refractivity contribution in [3.8, 4) is 11.1 Å². The minimum Gasteiger partial charge on any atom is -0.464 e.